The van der Waals surface area contributed by atoms with E-state index in [1.54, 1.807) is 0 Å². The van der Waals surface area contributed by atoms with Crippen LogP contribution in [-0.2, 0) is 23.9 Å². The van der Waals surface area contributed by atoms with Gasteiger partial charge in [0.05, 0.1) is 18.3 Å². The molecule has 28 heavy (non-hydrogen) atoms. The van der Waals surface area contributed by atoms with Gasteiger partial charge in [-0.2, -0.15) is 0 Å². The molecule has 1 aliphatic heterocycles. The molecule has 1 aromatic rings. The van der Waals surface area contributed by atoms with Gasteiger partial charge in [0.25, 0.3) is 5.91 Å². The number of halogens is 2. The van der Waals surface area contributed by atoms with Gasteiger partial charge in [-0.15, -0.1) is 0 Å². The third kappa shape index (κ3) is 4.18. The Kier molecular flexibility index (Phi) is 6.01. The van der Waals surface area contributed by atoms with Gasteiger partial charge in [0.15, 0.2) is 6.61 Å². The Balaban J connectivity index is 1.45. The highest BCUT2D eigenvalue weighted by molar-refractivity contribution is 6.05. The van der Waals surface area contributed by atoms with Crippen molar-refractivity contribution in [3.05, 3.63) is 29.8 Å². The zero-order chi connectivity index (χ0) is 20.3. The van der Waals surface area contributed by atoms with Crippen LogP contribution in [0.15, 0.2) is 18.2 Å². The van der Waals surface area contributed by atoms with E-state index in [1.165, 1.54) is 0 Å². The number of likely N-dealkylation sites (tertiary alicyclic amines) is 1. The summed E-state index contributed by atoms with van der Waals surface area (Å²) in [6.07, 6.45) is 2.94. The lowest BCUT2D eigenvalue weighted by molar-refractivity contribution is -0.148. The van der Waals surface area contributed by atoms with Crippen LogP contribution in [0, 0.1) is 23.5 Å². The molecule has 3 rings (SSSR count). The monoisotopic (exact) mass is 394 g/mol. The number of carbonyl (C=O) groups is 4. The molecular formula is C19H20F2N2O5. The summed E-state index contributed by atoms with van der Waals surface area (Å²) in [7, 11) is 0. The summed E-state index contributed by atoms with van der Waals surface area (Å²) >= 11 is 0. The molecule has 1 saturated heterocycles. The first kappa shape index (κ1) is 19.9. The van der Waals surface area contributed by atoms with E-state index in [0.29, 0.717) is 12.8 Å². The highest BCUT2D eigenvalue weighted by atomic mass is 19.1. The first-order valence-electron chi connectivity index (χ1n) is 9.13. The number of fused-ring (bicyclic) bond motifs is 1. The average molecular weight is 394 g/mol. The van der Waals surface area contributed by atoms with Gasteiger partial charge in [-0.25, -0.2) is 8.78 Å². The van der Waals surface area contributed by atoms with E-state index < -0.39 is 35.8 Å². The number of rotatable bonds is 6. The molecule has 0 aromatic heterocycles. The SMILES string of the molecule is O=C(COC(=O)CCN1C(=O)[C@H]2CCCC[C@H]2C1=O)Nc1c(F)cccc1F. The van der Waals surface area contributed by atoms with Gasteiger partial charge in [-0.3, -0.25) is 24.1 Å². The van der Waals surface area contributed by atoms with Crippen molar-refractivity contribution in [3.8, 4) is 0 Å². The first-order valence-corrected chi connectivity index (χ1v) is 9.13. The molecule has 0 spiro atoms. The molecule has 0 radical (unpaired) electrons. The minimum absolute atomic E-state index is 0.104. The molecule has 1 aromatic carbocycles. The number of hydrogen-bond donors (Lipinski definition) is 1. The number of hydrogen-bond acceptors (Lipinski definition) is 5. The van der Waals surface area contributed by atoms with Crippen LogP contribution in [0.3, 0.4) is 0 Å². The molecule has 1 aliphatic carbocycles. The number of esters is 1. The second-order valence-corrected chi connectivity index (χ2v) is 6.88. The van der Waals surface area contributed by atoms with Crippen molar-refractivity contribution >= 4 is 29.4 Å². The fourth-order valence-corrected chi connectivity index (χ4v) is 3.67. The van der Waals surface area contributed by atoms with Crippen LogP contribution in [-0.4, -0.2) is 41.7 Å². The topological polar surface area (TPSA) is 92.8 Å². The van der Waals surface area contributed by atoms with Crippen LogP contribution in [0.4, 0.5) is 14.5 Å². The Morgan fingerprint density at radius 2 is 1.64 bits per heavy atom. The largest absolute Gasteiger partial charge is 0.456 e. The van der Waals surface area contributed by atoms with E-state index in [4.69, 9.17) is 4.74 Å². The molecule has 7 nitrogen and oxygen atoms in total. The van der Waals surface area contributed by atoms with Gasteiger partial charge in [-0.1, -0.05) is 18.9 Å². The van der Waals surface area contributed by atoms with Gasteiger partial charge in [0.1, 0.15) is 17.3 Å². The Hall–Kier alpha value is -2.84. The van der Waals surface area contributed by atoms with E-state index in [-0.39, 0.29) is 36.6 Å². The van der Waals surface area contributed by atoms with Gasteiger partial charge in [0.2, 0.25) is 11.8 Å². The van der Waals surface area contributed by atoms with Crippen LogP contribution in [0.25, 0.3) is 0 Å². The molecule has 2 aliphatic rings. The van der Waals surface area contributed by atoms with Crippen molar-refractivity contribution < 1.29 is 32.7 Å². The lowest BCUT2D eigenvalue weighted by atomic mass is 9.81. The maximum Gasteiger partial charge on any atom is 0.308 e. The summed E-state index contributed by atoms with van der Waals surface area (Å²) in [6, 6.07) is 3.11. The molecule has 1 saturated carbocycles. The number of nitrogens with zero attached hydrogens (tertiary/aromatic N) is 1. The van der Waals surface area contributed by atoms with E-state index in [2.05, 4.69) is 0 Å². The number of imide groups is 1. The van der Waals surface area contributed by atoms with Crippen molar-refractivity contribution in [1.82, 2.24) is 4.90 Å². The third-order valence-corrected chi connectivity index (χ3v) is 5.06. The van der Waals surface area contributed by atoms with Crippen molar-refractivity contribution in [1.29, 1.82) is 0 Å². The minimum atomic E-state index is -0.952. The van der Waals surface area contributed by atoms with Crippen LogP contribution in [0.5, 0.6) is 0 Å². The average Bonchev–Trinajstić information content (AvgIpc) is 2.92. The number of benzene rings is 1. The van der Waals surface area contributed by atoms with Gasteiger partial charge in [0, 0.05) is 6.54 Å². The summed E-state index contributed by atoms with van der Waals surface area (Å²) in [4.78, 5) is 49.3. The third-order valence-electron chi connectivity index (χ3n) is 5.06. The quantitative estimate of drug-likeness (QED) is 0.589. The Bertz CT molecular complexity index is 769. The van der Waals surface area contributed by atoms with Crippen molar-refractivity contribution in [2.75, 3.05) is 18.5 Å². The predicted molar refractivity (Wildman–Crippen MR) is 92.7 cm³/mol. The Morgan fingerprint density at radius 1 is 1.07 bits per heavy atom. The lowest BCUT2D eigenvalue weighted by Crippen LogP contribution is -2.33. The first-order chi connectivity index (χ1) is 13.4. The number of amides is 3. The summed E-state index contributed by atoms with van der Waals surface area (Å²) in [6.45, 7) is -0.840. The van der Waals surface area contributed by atoms with E-state index in [0.717, 1.165) is 35.9 Å². The summed E-state index contributed by atoms with van der Waals surface area (Å²) < 4.78 is 31.7. The van der Waals surface area contributed by atoms with Gasteiger partial charge in [-0.05, 0) is 25.0 Å². The van der Waals surface area contributed by atoms with Crippen molar-refractivity contribution in [3.63, 3.8) is 0 Å². The number of carbonyl (C=O) groups excluding carboxylic acids is 4. The van der Waals surface area contributed by atoms with E-state index in [9.17, 15) is 28.0 Å². The molecule has 2 fully saturated rings. The molecule has 2 atom stereocenters. The molecule has 9 heteroatoms. The van der Waals surface area contributed by atoms with Crippen molar-refractivity contribution in [2.24, 2.45) is 11.8 Å². The van der Waals surface area contributed by atoms with Crippen LogP contribution < -0.4 is 5.32 Å². The standard InChI is InChI=1S/C19H20F2N2O5/c20-13-6-3-7-14(21)17(13)22-15(24)10-28-16(25)8-9-23-18(26)11-4-1-2-5-12(11)19(23)27/h3,6-7,11-12H,1-2,4-5,8-10H2,(H,22,24)/t11-,12+. The molecule has 1 N–H and O–H groups in total. The highest BCUT2D eigenvalue weighted by Crippen LogP contribution is 2.37. The number of nitrogens with one attached hydrogen (secondary N) is 1. The highest BCUT2D eigenvalue weighted by Gasteiger charge is 2.47. The van der Waals surface area contributed by atoms with E-state index in [1.807, 2.05) is 5.32 Å². The van der Waals surface area contributed by atoms with Gasteiger partial charge >= 0.3 is 5.97 Å². The molecule has 1 heterocycles. The van der Waals surface area contributed by atoms with Gasteiger partial charge < -0.3 is 10.1 Å². The lowest BCUT2D eigenvalue weighted by Gasteiger charge is -2.19. The second kappa shape index (κ2) is 8.45. The Morgan fingerprint density at radius 3 is 2.21 bits per heavy atom. The molecule has 0 bridgehead atoms. The molecule has 3 amide bonds. The minimum Gasteiger partial charge on any atom is -0.456 e. The second-order valence-electron chi connectivity index (χ2n) is 6.88. The maximum atomic E-state index is 13.5. The summed E-state index contributed by atoms with van der Waals surface area (Å²) in [5.41, 5.74) is -0.626. The summed E-state index contributed by atoms with van der Waals surface area (Å²) in [5, 5.41) is 1.99. The van der Waals surface area contributed by atoms with Crippen molar-refractivity contribution in [2.45, 2.75) is 32.1 Å². The fourth-order valence-electron chi connectivity index (χ4n) is 3.67. The predicted octanol–water partition coefficient (Wildman–Crippen LogP) is 2.01. The molecule has 150 valence electrons. The van der Waals surface area contributed by atoms with Crippen LogP contribution in [0.2, 0.25) is 0 Å². The van der Waals surface area contributed by atoms with Crippen LogP contribution in [0.1, 0.15) is 32.1 Å². The zero-order valence-corrected chi connectivity index (χ0v) is 15.1. The van der Waals surface area contributed by atoms with E-state index >= 15 is 0 Å². The zero-order valence-electron chi connectivity index (χ0n) is 15.1. The molecule has 0 unspecified atom stereocenters. The normalized spacial score (nSPS) is 21.4. The number of para-hydroxylation sites is 1. The maximum absolute atomic E-state index is 13.5. The smallest absolute Gasteiger partial charge is 0.308 e. The number of anilines is 1. The van der Waals surface area contributed by atoms with Crippen LogP contribution >= 0.6 is 0 Å². The number of ether oxygens (including phenoxy) is 1. The summed E-state index contributed by atoms with van der Waals surface area (Å²) in [5.74, 6) is -4.70. The molecular weight excluding hydrogens is 374 g/mol. The Labute approximate surface area is 160 Å². The fraction of sp³-hybridized carbons (Fsp3) is 0.474.